The van der Waals surface area contributed by atoms with Crippen molar-refractivity contribution in [3.8, 4) is 11.1 Å². The Morgan fingerprint density at radius 2 is 1.70 bits per heavy atom. The number of H-pyrrole nitrogens is 1. The van der Waals surface area contributed by atoms with Gasteiger partial charge in [0.1, 0.15) is 5.58 Å². The van der Waals surface area contributed by atoms with Crippen molar-refractivity contribution < 1.29 is 4.42 Å². The summed E-state index contributed by atoms with van der Waals surface area (Å²) < 4.78 is 5.68. The first-order valence-electron chi connectivity index (χ1n) is 7.67. The zero-order valence-corrected chi connectivity index (χ0v) is 13.4. The van der Waals surface area contributed by atoms with Gasteiger partial charge in [0, 0.05) is 21.9 Å². The second-order valence-electron chi connectivity index (χ2n) is 6.04. The molecule has 0 unspecified atom stereocenters. The van der Waals surface area contributed by atoms with Crippen LogP contribution >= 0.6 is 0 Å². The van der Waals surface area contributed by atoms with Crippen molar-refractivity contribution in [1.29, 1.82) is 0 Å². The molecule has 0 spiro atoms. The summed E-state index contributed by atoms with van der Waals surface area (Å²) in [5.74, 6) is 0. The van der Waals surface area contributed by atoms with E-state index >= 15 is 0 Å². The summed E-state index contributed by atoms with van der Waals surface area (Å²) in [5.41, 5.74) is 6.50. The number of hydrogen-bond donors (Lipinski definition) is 1. The van der Waals surface area contributed by atoms with Gasteiger partial charge in [0.2, 0.25) is 0 Å². The number of aromatic amines is 1. The van der Waals surface area contributed by atoms with Crippen LogP contribution in [0.2, 0.25) is 0 Å². The second-order valence-corrected chi connectivity index (χ2v) is 6.04. The molecule has 2 heterocycles. The van der Waals surface area contributed by atoms with Gasteiger partial charge in [-0.15, -0.1) is 0 Å². The maximum Gasteiger partial charge on any atom is 0.251 e. The van der Waals surface area contributed by atoms with Crippen LogP contribution in [0.1, 0.15) is 16.7 Å². The smallest absolute Gasteiger partial charge is 0.251 e. The van der Waals surface area contributed by atoms with Crippen LogP contribution in [0.3, 0.4) is 0 Å². The molecule has 0 aliphatic rings. The third kappa shape index (κ3) is 1.93. The van der Waals surface area contributed by atoms with Gasteiger partial charge in [0.15, 0.2) is 0 Å². The lowest BCUT2D eigenvalue weighted by atomic mass is 9.94. The zero-order valence-electron chi connectivity index (χ0n) is 13.4. The second kappa shape index (κ2) is 4.85. The van der Waals surface area contributed by atoms with Crippen molar-refractivity contribution in [3.63, 3.8) is 0 Å². The first-order chi connectivity index (χ1) is 11.1. The lowest BCUT2D eigenvalue weighted by molar-refractivity contribution is 0.611. The van der Waals surface area contributed by atoms with Crippen molar-refractivity contribution >= 4 is 21.9 Å². The van der Waals surface area contributed by atoms with E-state index in [4.69, 9.17) is 4.42 Å². The number of pyridine rings is 1. The molecular formula is C20H17NO2. The molecule has 0 saturated heterocycles. The largest absolute Gasteiger partial charge is 0.464 e. The monoisotopic (exact) mass is 303 g/mol. The summed E-state index contributed by atoms with van der Waals surface area (Å²) in [6.45, 7) is 5.91. The first-order valence-corrected chi connectivity index (χ1v) is 7.67. The average molecular weight is 303 g/mol. The summed E-state index contributed by atoms with van der Waals surface area (Å²) in [6, 6.07) is 12.2. The van der Waals surface area contributed by atoms with Gasteiger partial charge < -0.3 is 9.40 Å². The number of aryl methyl sites for hydroxylation is 2. The Morgan fingerprint density at radius 3 is 2.43 bits per heavy atom. The number of benzene rings is 2. The lowest BCUT2D eigenvalue weighted by Crippen LogP contribution is -2.12. The summed E-state index contributed by atoms with van der Waals surface area (Å²) >= 11 is 0. The molecule has 3 nitrogen and oxygen atoms in total. The van der Waals surface area contributed by atoms with Gasteiger partial charge in [0.05, 0.1) is 11.8 Å². The van der Waals surface area contributed by atoms with E-state index in [-0.39, 0.29) is 5.56 Å². The number of fused-ring (bicyclic) bond motifs is 2. The molecule has 0 atom stereocenters. The molecule has 0 amide bonds. The number of rotatable bonds is 1. The molecule has 0 radical (unpaired) electrons. The molecule has 0 bridgehead atoms. The highest BCUT2D eigenvalue weighted by Gasteiger charge is 2.16. The zero-order chi connectivity index (χ0) is 16.1. The van der Waals surface area contributed by atoms with Crippen LogP contribution in [-0.2, 0) is 0 Å². The lowest BCUT2D eigenvalue weighted by Gasteiger charge is -2.12. The quantitative estimate of drug-likeness (QED) is 0.545. The number of furan rings is 1. The van der Waals surface area contributed by atoms with Gasteiger partial charge in [-0.25, -0.2) is 0 Å². The summed E-state index contributed by atoms with van der Waals surface area (Å²) in [4.78, 5) is 15.5. The van der Waals surface area contributed by atoms with Crippen molar-refractivity contribution in [1.82, 2.24) is 4.98 Å². The molecule has 4 aromatic rings. The van der Waals surface area contributed by atoms with Gasteiger partial charge in [-0.2, -0.15) is 0 Å². The predicted molar refractivity (Wildman–Crippen MR) is 94.0 cm³/mol. The molecule has 2 aromatic carbocycles. The topological polar surface area (TPSA) is 46.0 Å². The van der Waals surface area contributed by atoms with Crippen LogP contribution in [0.5, 0.6) is 0 Å². The van der Waals surface area contributed by atoms with Crippen LogP contribution in [0.15, 0.2) is 51.9 Å². The maximum absolute atomic E-state index is 12.4. The Bertz CT molecular complexity index is 1100. The Labute approximate surface area is 133 Å². The number of nitrogens with one attached hydrogen (secondary N) is 1. The van der Waals surface area contributed by atoms with Gasteiger partial charge in [-0.3, -0.25) is 4.79 Å². The first kappa shape index (κ1) is 13.8. The normalized spacial score (nSPS) is 11.4. The number of aromatic nitrogens is 1. The fourth-order valence-electron chi connectivity index (χ4n) is 3.31. The van der Waals surface area contributed by atoms with Gasteiger partial charge in [0.25, 0.3) is 5.56 Å². The van der Waals surface area contributed by atoms with E-state index < -0.39 is 0 Å². The standard InChI is InChI=1S/C20H17NO2/c1-11-10-23-19-13(3)18-16(9-15(11)19)17(12(2)20(22)21-18)14-7-5-4-6-8-14/h4-10H,1-3H3,(H,21,22). The summed E-state index contributed by atoms with van der Waals surface area (Å²) in [7, 11) is 0. The SMILES string of the molecule is Cc1c(-c2ccccc2)c2cc3c(C)coc3c(C)c2[nH]c1=O. The van der Waals surface area contributed by atoms with Crippen LogP contribution in [0.4, 0.5) is 0 Å². The van der Waals surface area contributed by atoms with E-state index in [1.165, 1.54) is 0 Å². The van der Waals surface area contributed by atoms with E-state index in [0.717, 1.165) is 49.7 Å². The minimum Gasteiger partial charge on any atom is -0.464 e. The molecule has 2 aromatic heterocycles. The van der Waals surface area contributed by atoms with E-state index in [1.54, 1.807) is 6.26 Å². The molecule has 0 fully saturated rings. The van der Waals surface area contributed by atoms with E-state index in [1.807, 2.05) is 51.1 Å². The van der Waals surface area contributed by atoms with Crippen LogP contribution in [-0.4, -0.2) is 4.98 Å². The van der Waals surface area contributed by atoms with Crippen molar-refractivity contribution in [2.75, 3.05) is 0 Å². The van der Waals surface area contributed by atoms with Gasteiger partial charge in [-0.1, -0.05) is 30.3 Å². The van der Waals surface area contributed by atoms with Crippen molar-refractivity contribution in [3.05, 3.63) is 69.7 Å². The molecule has 1 N–H and O–H groups in total. The highest BCUT2D eigenvalue weighted by Crippen LogP contribution is 2.35. The van der Waals surface area contributed by atoms with E-state index in [2.05, 4.69) is 11.1 Å². The molecule has 0 aliphatic carbocycles. The Hall–Kier alpha value is -2.81. The van der Waals surface area contributed by atoms with Gasteiger partial charge >= 0.3 is 0 Å². The van der Waals surface area contributed by atoms with Crippen molar-refractivity contribution in [2.24, 2.45) is 0 Å². The third-order valence-electron chi connectivity index (χ3n) is 4.58. The molecule has 23 heavy (non-hydrogen) atoms. The summed E-state index contributed by atoms with van der Waals surface area (Å²) in [6.07, 6.45) is 1.77. The van der Waals surface area contributed by atoms with Crippen LogP contribution in [0.25, 0.3) is 33.0 Å². The maximum atomic E-state index is 12.4. The minimum atomic E-state index is -0.0536. The Kier molecular flexibility index (Phi) is 2.91. The molecule has 0 saturated carbocycles. The van der Waals surface area contributed by atoms with Crippen LogP contribution in [0, 0.1) is 20.8 Å². The third-order valence-corrected chi connectivity index (χ3v) is 4.58. The number of hydrogen-bond acceptors (Lipinski definition) is 2. The molecule has 0 aliphatic heterocycles. The Balaban J connectivity index is 2.26. The fourth-order valence-corrected chi connectivity index (χ4v) is 3.31. The highest BCUT2D eigenvalue weighted by atomic mass is 16.3. The van der Waals surface area contributed by atoms with Crippen LogP contribution < -0.4 is 5.56 Å². The average Bonchev–Trinajstić information content (AvgIpc) is 2.92. The molecule has 3 heteroatoms. The van der Waals surface area contributed by atoms with Gasteiger partial charge in [-0.05, 0) is 43.5 Å². The van der Waals surface area contributed by atoms with E-state index in [9.17, 15) is 4.79 Å². The summed E-state index contributed by atoms with van der Waals surface area (Å²) in [5, 5.41) is 2.15. The minimum absolute atomic E-state index is 0.0536. The molecule has 114 valence electrons. The fraction of sp³-hybridized carbons (Fsp3) is 0.150. The molecule has 4 rings (SSSR count). The van der Waals surface area contributed by atoms with Crippen molar-refractivity contribution in [2.45, 2.75) is 20.8 Å². The van der Waals surface area contributed by atoms with E-state index in [0.29, 0.717) is 0 Å². The Morgan fingerprint density at radius 1 is 0.957 bits per heavy atom. The predicted octanol–water partition coefficient (Wildman–Crippen LogP) is 4.87. The molecular weight excluding hydrogens is 286 g/mol. The highest BCUT2D eigenvalue weighted by molar-refractivity contribution is 6.06.